The fraction of sp³-hybridized carbons (Fsp3) is 0.176. The summed E-state index contributed by atoms with van der Waals surface area (Å²) in [6, 6.07) is 11.1. The van der Waals surface area contributed by atoms with Crippen molar-refractivity contribution in [2.45, 2.75) is 13.5 Å². The lowest BCUT2D eigenvalue weighted by Crippen LogP contribution is -2.11. The molecule has 0 fully saturated rings. The number of aryl methyl sites for hydroxylation is 1. The minimum absolute atomic E-state index is 0.236. The molecule has 124 valence electrons. The molecule has 2 heterocycles. The summed E-state index contributed by atoms with van der Waals surface area (Å²) in [7, 11) is 1.82. The third kappa shape index (κ3) is 3.78. The average Bonchev–Trinajstić information content (AvgIpc) is 3.17. The van der Waals surface area contributed by atoms with E-state index in [1.165, 1.54) is 0 Å². The number of hydrogen-bond acceptors (Lipinski definition) is 4. The summed E-state index contributed by atoms with van der Waals surface area (Å²) in [5, 5.41) is 6.87. The number of halogens is 1. The van der Waals surface area contributed by atoms with Crippen LogP contribution >= 0.6 is 22.6 Å². The highest BCUT2D eigenvalue weighted by molar-refractivity contribution is 14.1. The summed E-state index contributed by atoms with van der Waals surface area (Å²) in [6.07, 6.45) is 1.61. The van der Waals surface area contributed by atoms with Crippen LogP contribution in [0.4, 0.5) is 5.69 Å². The Morgan fingerprint density at radius 2 is 2.04 bits per heavy atom. The van der Waals surface area contributed by atoms with E-state index < -0.39 is 0 Å². The minimum atomic E-state index is -0.313. The van der Waals surface area contributed by atoms with Gasteiger partial charge in [0.25, 0.3) is 5.91 Å². The first-order chi connectivity index (χ1) is 11.5. The van der Waals surface area contributed by atoms with Gasteiger partial charge in [0.2, 0.25) is 0 Å². The predicted molar refractivity (Wildman–Crippen MR) is 98.1 cm³/mol. The SMILES string of the molecule is Cc1c(NC(=O)c2ccc(COc3ccc(I)cc3)o2)cnn1C. The summed E-state index contributed by atoms with van der Waals surface area (Å²) in [4.78, 5) is 12.2. The van der Waals surface area contributed by atoms with Gasteiger partial charge in [-0.05, 0) is 65.9 Å². The van der Waals surface area contributed by atoms with Gasteiger partial charge in [0, 0.05) is 10.6 Å². The van der Waals surface area contributed by atoms with Gasteiger partial charge in [-0.1, -0.05) is 0 Å². The van der Waals surface area contributed by atoms with Crippen molar-refractivity contribution in [1.29, 1.82) is 0 Å². The van der Waals surface area contributed by atoms with E-state index >= 15 is 0 Å². The number of nitrogens with zero attached hydrogens (tertiary/aromatic N) is 2. The number of amides is 1. The number of aromatic nitrogens is 2. The van der Waals surface area contributed by atoms with Gasteiger partial charge in [-0.3, -0.25) is 9.48 Å². The third-order valence-corrected chi connectivity index (χ3v) is 4.28. The number of anilines is 1. The molecule has 1 amide bonds. The Balaban J connectivity index is 1.61. The normalized spacial score (nSPS) is 10.6. The molecule has 0 radical (unpaired) electrons. The van der Waals surface area contributed by atoms with Crippen LogP contribution in [0, 0.1) is 10.5 Å². The van der Waals surface area contributed by atoms with Crippen LogP contribution in [0.15, 0.2) is 47.0 Å². The number of benzene rings is 1. The summed E-state index contributed by atoms with van der Waals surface area (Å²) in [6.45, 7) is 2.14. The molecule has 0 atom stereocenters. The van der Waals surface area contributed by atoms with Crippen molar-refractivity contribution in [2.24, 2.45) is 7.05 Å². The number of carbonyl (C=O) groups is 1. The second-order valence-electron chi connectivity index (χ2n) is 5.23. The van der Waals surface area contributed by atoms with Gasteiger partial charge in [0.15, 0.2) is 5.76 Å². The molecule has 24 heavy (non-hydrogen) atoms. The maximum Gasteiger partial charge on any atom is 0.291 e. The fourth-order valence-electron chi connectivity index (χ4n) is 2.07. The van der Waals surface area contributed by atoms with Crippen LogP contribution in [0.25, 0.3) is 0 Å². The van der Waals surface area contributed by atoms with Crippen molar-refractivity contribution in [3.8, 4) is 5.75 Å². The molecule has 0 aliphatic rings. The molecule has 2 aromatic heterocycles. The lowest BCUT2D eigenvalue weighted by molar-refractivity contribution is 0.0992. The second-order valence-corrected chi connectivity index (χ2v) is 6.48. The summed E-state index contributed by atoms with van der Waals surface area (Å²) >= 11 is 2.24. The molecule has 6 nitrogen and oxygen atoms in total. The number of hydrogen-bond donors (Lipinski definition) is 1. The van der Waals surface area contributed by atoms with E-state index in [2.05, 4.69) is 33.0 Å². The standard InChI is InChI=1S/C17H16IN3O3/c1-11-15(9-19-21(11)2)20-17(22)16-8-7-14(24-16)10-23-13-5-3-12(18)4-6-13/h3-9H,10H2,1-2H3,(H,20,22). The zero-order chi connectivity index (χ0) is 17.1. The van der Waals surface area contributed by atoms with Crippen LogP contribution in [-0.2, 0) is 13.7 Å². The van der Waals surface area contributed by atoms with Crippen molar-refractivity contribution in [2.75, 3.05) is 5.32 Å². The smallest absolute Gasteiger partial charge is 0.291 e. The van der Waals surface area contributed by atoms with Gasteiger partial charge >= 0.3 is 0 Å². The summed E-state index contributed by atoms with van der Waals surface area (Å²) in [5.74, 6) is 1.26. The van der Waals surface area contributed by atoms with Crippen LogP contribution < -0.4 is 10.1 Å². The van der Waals surface area contributed by atoms with E-state index in [0.29, 0.717) is 11.4 Å². The van der Waals surface area contributed by atoms with Gasteiger partial charge in [-0.25, -0.2) is 0 Å². The zero-order valence-electron chi connectivity index (χ0n) is 13.2. The summed E-state index contributed by atoms with van der Waals surface area (Å²) in [5.41, 5.74) is 1.53. The molecule has 0 saturated carbocycles. The van der Waals surface area contributed by atoms with Crippen LogP contribution in [-0.4, -0.2) is 15.7 Å². The number of furan rings is 1. The monoisotopic (exact) mass is 437 g/mol. The zero-order valence-corrected chi connectivity index (χ0v) is 15.4. The molecule has 0 aliphatic heterocycles. The van der Waals surface area contributed by atoms with E-state index in [-0.39, 0.29) is 18.3 Å². The topological polar surface area (TPSA) is 69.3 Å². The quantitative estimate of drug-likeness (QED) is 0.618. The van der Waals surface area contributed by atoms with E-state index in [1.54, 1.807) is 23.0 Å². The first kappa shape index (κ1) is 16.6. The number of rotatable bonds is 5. The lowest BCUT2D eigenvalue weighted by Gasteiger charge is -2.04. The predicted octanol–water partition coefficient (Wildman–Crippen LogP) is 3.76. The van der Waals surface area contributed by atoms with Crippen LogP contribution in [0.5, 0.6) is 5.75 Å². The van der Waals surface area contributed by atoms with E-state index in [1.807, 2.05) is 38.2 Å². The maximum absolute atomic E-state index is 12.2. The number of carbonyl (C=O) groups excluding carboxylic acids is 1. The first-order valence-electron chi connectivity index (χ1n) is 7.30. The largest absolute Gasteiger partial charge is 0.486 e. The molecule has 0 saturated heterocycles. The fourth-order valence-corrected chi connectivity index (χ4v) is 2.43. The maximum atomic E-state index is 12.2. The molecule has 1 aromatic carbocycles. The van der Waals surface area contributed by atoms with Crippen LogP contribution in [0.1, 0.15) is 22.0 Å². The Bertz CT molecular complexity index is 852. The third-order valence-electron chi connectivity index (χ3n) is 3.56. The van der Waals surface area contributed by atoms with Gasteiger partial charge in [-0.15, -0.1) is 0 Å². The highest BCUT2D eigenvalue weighted by Crippen LogP contribution is 2.18. The molecule has 7 heteroatoms. The Hall–Kier alpha value is -2.29. The van der Waals surface area contributed by atoms with Crippen molar-refractivity contribution >= 4 is 34.2 Å². The first-order valence-corrected chi connectivity index (χ1v) is 8.38. The van der Waals surface area contributed by atoms with Crippen molar-refractivity contribution in [1.82, 2.24) is 9.78 Å². The van der Waals surface area contributed by atoms with Gasteiger partial charge in [0.05, 0.1) is 17.6 Å². The van der Waals surface area contributed by atoms with Gasteiger partial charge < -0.3 is 14.5 Å². The molecular formula is C17H16IN3O3. The molecule has 0 aliphatic carbocycles. The van der Waals surface area contributed by atoms with Crippen LogP contribution in [0.3, 0.4) is 0 Å². The Morgan fingerprint density at radius 1 is 1.29 bits per heavy atom. The molecule has 1 N–H and O–H groups in total. The van der Waals surface area contributed by atoms with Gasteiger partial charge in [0.1, 0.15) is 18.1 Å². The Kier molecular flexibility index (Phi) is 4.89. The minimum Gasteiger partial charge on any atom is -0.486 e. The van der Waals surface area contributed by atoms with Crippen LogP contribution in [0.2, 0.25) is 0 Å². The van der Waals surface area contributed by atoms with E-state index in [9.17, 15) is 4.79 Å². The van der Waals surface area contributed by atoms with Crippen molar-refractivity contribution < 1.29 is 13.9 Å². The Morgan fingerprint density at radius 3 is 2.71 bits per heavy atom. The molecular weight excluding hydrogens is 421 g/mol. The molecule has 0 spiro atoms. The van der Waals surface area contributed by atoms with Crippen molar-refractivity contribution in [3.05, 3.63) is 63.4 Å². The number of ether oxygens (including phenoxy) is 1. The highest BCUT2D eigenvalue weighted by Gasteiger charge is 2.14. The second kappa shape index (κ2) is 7.08. The molecule has 0 unspecified atom stereocenters. The Labute approximate surface area is 152 Å². The van der Waals surface area contributed by atoms with E-state index in [0.717, 1.165) is 15.0 Å². The summed E-state index contributed by atoms with van der Waals surface area (Å²) < 4.78 is 14.0. The van der Waals surface area contributed by atoms with E-state index in [4.69, 9.17) is 9.15 Å². The average molecular weight is 437 g/mol. The number of nitrogens with one attached hydrogen (secondary N) is 1. The molecule has 3 aromatic rings. The lowest BCUT2D eigenvalue weighted by atomic mass is 10.3. The van der Waals surface area contributed by atoms with Gasteiger partial charge in [-0.2, -0.15) is 5.10 Å². The van der Waals surface area contributed by atoms with Crippen molar-refractivity contribution in [3.63, 3.8) is 0 Å². The highest BCUT2D eigenvalue weighted by atomic mass is 127. The molecule has 0 bridgehead atoms. The molecule has 3 rings (SSSR count).